The lowest BCUT2D eigenvalue weighted by molar-refractivity contribution is 0.588. The summed E-state index contributed by atoms with van der Waals surface area (Å²) < 4.78 is 0. The van der Waals surface area contributed by atoms with Crippen LogP contribution < -0.4 is 10.2 Å². The van der Waals surface area contributed by atoms with Crippen LogP contribution in [0.5, 0.6) is 0 Å². The van der Waals surface area contributed by atoms with Gasteiger partial charge in [-0.1, -0.05) is 25.4 Å². The molecule has 0 aliphatic heterocycles. The maximum Gasteiger partial charge on any atom is 0.128 e. The summed E-state index contributed by atoms with van der Waals surface area (Å²) in [5.41, 5.74) is 2.27. The minimum absolute atomic E-state index is 0.423. The summed E-state index contributed by atoms with van der Waals surface area (Å²) in [5, 5.41) is 4.08. The summed E-state index contributed by atoms with van der Waals surface area (Å²) in [6.45, 7) is 5.76. The highest BCUT2D eigenvalue weighted by atomic mass is 35.5. The van der Waals surface area contributed by atoms with Gasteiger partial charge in [0.05, 0.1) is 5.02 Å². The Morgan fingerprint density at radius 2 is 2.00 bits per heavy atom. The highest BCUT2D eigenvalue weighted by Crippen LogP contribution is 2.21. The van der Waals surface area contributed by atoms with Crippen LogP contribution in [0.25, 0.3) is 0 Å². The number of hydrogen-bond donors (Lipinski definition) is 1. The Balaban J connectivity index is 2.10. The minimum Gasteiger partial charge on any atom is -0.355 e. The van der Waals surface area contributed by atoms with Gasteiger partial charge in [0.1, 0.15) is 5.82 Å². The average Bonchev–Trinajstić information content (AvgIpc) is 2.47. The number of nitrogens with one attached hydrogen (secondary N) is 1. The van der Waals surface area contributed by atoms with Crippen LogP contribution in [0.15, 0.2) is 36.8 Å². The monoisotopic (exact) mass is 304 g/mol. The van der Waals surface area contributed by atoms with Gasteiger partial charge >= 0.3 is 0 Å². The van der Waals surface area contributed by atoms with Crippen LogP contribution in [0.1, 0.15) is 25.0 Å². The maximum atomic E-state index is 6.22. The molecule has 0 saturated carbocycles. The maximum absolute atomic E-state index is 6.22. The van der Waals surface area contributed by atoms with Crippen LogP contribution in [0.3, 0.4) is 0 Å². The SMILES string of the molecule is CC(C)NCc1cc(N(C)Cc2ccncc2)ncc1Cl. The lowest BCUT2D eigenvalue weighted by Gasteiger charge is -2.19. The first-order chi connectivity index (χ1) is 10.1. The summed E-state index contributed by atoms with van der Waals surface area (Å²) in [4.78, 5) is 10.5. The minimum atomic E-state index is 0.423. The molecule has 0 fully saturated rings. The van der Waals surface area contributed by atoms with Crippen molar-refractivity contribution in [1.82, 2.24) is 15.3 Å². The van der Waals surface area contributed by atoms with E-state index in [1.54, 1.807) is 18.6 Å². The Labute approximate surface area is 131 Å². The smallest absolute Gasteiger partial charge is 0.128 e. The summed E-state index contributed by atoms with van der Waals surface area (Å²) in [6, 6.07) is 6.48. The molecule has 2 aromatic heterocycles. The van der Waals surface area contributed by atoms with E-state index in [1.165, 1.54) is 5.56 Å². The Bertz CT molecular complexity index is 572. The van der Waals surface area contributed by atoms with E-state index in [0.29, 0.717) is 11.1 Å². The van der Waals surface area contributed by atoms with Crippen molar-refractivity contribution in [2.45, 2.75) is 33.0 Å². The van der Waals surface area contributed by atoms with Crippen LogP contribution in [0, 0.1) is 0 Å². The van der Waals surface area contributed by atoms with Gasteiger partial charge in [-0.05, 0) is 29.3 Å². The predicted octanol–water partition coefficient (Wildman–Crippen LogP) is 3.26. The molecule has 0 unspecified atom stereocenters. The normalized spacial score (nSPS) is 10.9. The van der Waals surface area contributed by atoms with E-state index < -0.39 is 0 Å². The molecule has 0 aliphatic rings. The van der Waals surface area contributed by atoms with Crippen LogP contribution in [0.2, 0.25) is 5.02 Å². The number of hydrogen-bond acceptors (Lipinski definition) is 4. The third-order valence-corrected chi connectivity index (χ3v) is 3.52. The number of halogens is 1. The van der Waals surface area contributed by atoms with Gasteiger partial charge in [-0.2, -0.15) is 0 Å². The molecule has 2 rings (SSSR count). The van der Waals surface area contributed by atoms with E-state index in [2.05, 4.69) is 34.0 Å². The summed E-state index contributed by atoms with van der Waals surface area (Å²) in [5.74, 6) is 0.914. The molecule has 0 aliphatic carbocycles. The van der Waals surface area contributed by atoms with Crippen LogP contribution in [-0.4, -0.2) is 23.1 Å². The molecule has 112 valence electrons. The Morgan fingerprint density at radius 3 is 2.67 bits per heavy atom. The van der Waals surface area contributed by atoms with Crippen molar-refractivity contribution >= 4 is 17.4 Å². The molecule has 0 bridgehead atoms. The largest absolute Gasteiger partial charge is 0.355 e. The van der Waals surface area contributed by atoms with Crippen molar-refractivity contribution in [3.63, 3.8) is 0 Å². The second kappa shape index (κ2) is 7.38. The standard InChI is InChI=1S/C16H21ClN4/c1-12(2)19-9-14-8-16(20-10-15(14)17)21(3)11-13-4-6-18-7-5-13/h4-8,10,12,19H,9,11H2,1-3H3. The average molecular weight is 305 g/mol. The van der Waals surface area contributed by atoms with Crippen molar-refractivity contribution < 1.29 is 0 Å². The molecule has 0 spiro atoms. The highest BCUT2D eigenvalue weighted by molar-refractivity contribution is 6.31. The van der Waals surface area contributed by atoms with Gasteiger partial charge in [0, 0.05) is 44.8 Å². The zero-order valence-corrected chi connectivity index (χ0v) is 13.4. The van der Waals surface area contributed by atoms with Crippen molar-refractivity contribution in [2.75, 3.05) is 11.9 Å². The molecule has 2 heterocycles. The molecule has 0 radical (unpaired) electrons. The van der Waals surface area contributed by atoms with E-state index in [0.717, 1.165) is 24.5 Å². The first-order valence-electron chi connectivity index (χ1n) is 7.04. The Kier molecular flexibility index (Phi) is 5.53. The third kappa shape index (κ3) is 4.69. The van der Waals surface area contributed by atoms with Crippen molar-refractivity contribution in [1.29, 1.82) is 0 Å². The van der Waals surface area contributed by atoms with Gasteiger partial charge in [0.15, 0.2) is 0 Å². The molecule has 0 saturated heterocycles. The topological polar surface area (TPSA) is 41.0 Å². The Morgan fingerprint density at radius 1 is 1.29 bits per heavy atom. The summed E-state index contributed by atoms with van der Waals surface area (Å²) in [7, 11) is 2.02. The Hall–Kier alpha value is -1.65. The van der Waals surface area contributed by atoms with Gasteiger partial charge < -0.3 is 10.2 Å². The van der Waals surface area contributed by atoms with Crippen LogP contribution in [0.4, 0.5) is 5.82 Å². The predicted molar refractivity (Wildman–Crippen MR) is 87.6 cm³/mol. The van der Waals surface area contributed by atoms with E-state index in [1.807, 2.05) is 25.2 Å². The second-order valence-electron chi connectivity index (χ2n) is 5.38. The molecule has 21 heavy (non-hydrogen) atoms. The molecule has 1 N–H and O–H groups in total. The van der Waals surface area contributed by atoms with Crippen LogP contribution >= 0.6 is 11.6 Å². The molecular weight excluding hydrogens is 284 g/mol. The lowest BCUT2D eigenvalue weighted by atomic mass is 10.2. The van der Waals surface area contributed by atoms with Gasteiger partial charge in [0.25, 0.3) is 0 Å². The van der Waals surface area contributed by atoms with Gasteiger partial charge in [-0.25, -0.2) is 4.98 Å². The van der Waals surface area contributed by atoms with E-state index >= 15 is 0 Å². The quantitative estimate of drug-likeness (QED) is 0.889. The van der Waals surface area contributed by atoms with Crippen LogP contribution in [-0.2, 0) is 13.1 Å². The van der Waals surface area contributed by atoms with E-state index in [9.17, 15) is 0 Å². The van der Waals surface area contributed by atoms with E-state index in [4.69, 9.17) is 11.6 Å². The fourth-order valence-electron chi connectivity index (χ4n) is 1.97. The van der Waals surface area contributed by atoms with E-state index in [-0.39, 0.29) is 0 Å². The molecule has 5 heteroatoms. The van der Waals surface area contributed by atoms with Crippen molar-refractivity contribution in [3.05, 3.63) is 52.9 Å². The fourth-order valence-corrected chi connectivity index (χ4v) is 2.14. The first-order valence-corrected chi connectivity index (χ1v) is 7.42. The lowest BCUT2D eigenvalue weighted by Crippen LogP contribution is -2.23. The number of aromatic nitrogens is 2. The molecule has 0 amide bonds. The summed E-state index contributed by atoms with van der Waals surface area (Å²) in [6.07, 6.45) is 5.32. The zero-order valence-electron chi connectivity index (χ0n) is 12.7. The van der Waals surface area contributed by atoms with Gasteiger partial charge in [-0.3, -0.25) is 4.98 Å². The molecular formula is C16H21ClN4. The second-order valence-corrected chi connectivity index (χ2v) is 5.79. The number of nitrogens with zero attached hydrogens (tertiary/aromatic N) is 3. The number of anilines is 1. The highest BCUT2D eigenvalue weighted by Gasteiger charge is 2.08. The first kappa shape index (κ1) is 15.7. The van der Waals surface area contributed by atoms with Crippen molar-refractivity contribution in [2.24, 2.45) is 0 Å². The van der Waals surface area contributed by atoms with Crippen molar-refractivity contribution in [3.8, 4) is 0 Å². The molecule has 0 aromatic carbocycles. The summed E-state index contributed by atoms with van der Waals surface area (Å²) >= 11 is 6.22. The number of rotatable bonds is 6. The number of pyridine rings is 2. The van der Waals surface area contributed by atoms with Gasteiger partial charge in [-0.15, -0.1) is 0 Å². The van der Waals surface area contributed by atoms with Gasteiger partial charge in [0.2, 0.25) is 0 Å². The molecule has 0 atom stereocenters. The third-order valence-electron chi connectivity index (χ3n) is 3.18. The molecule has 4 nitrogen and oxygen atoms in total. The fraction of sp³-hybridized carbons (Fsp3) is 0.375. The molecule has 2 aromatic rings. The zero-order chi connectivity index (χ0) is 15.2.